The Balaban J connectivity index is 2.32. The Bertz CT molecular complexity index is 519. The van der Waals surface area contributed by atoms with E-state index in [1.54, 1.807) is 23.8 Å². The average molecular weight is 241 g/mol. The average Bonchev–Trinajstić information content (AvgIpc) is 2.62. The predicted octanol–water partition coefficient (Wildman–Crippen LogP) is 2.88. The SMILES string of the molecule is Cc1n[c]cn1-c1cccc(OC(F)(F)F)c1. The van der Waals surface area contributed by atoms with Gasteiger partial charge in [-0.15, -0.1) is 13.2 Å². The van der Waals surface area contributed by atoms with Gasteiger partial charge in [-0.3, -0.25) is 0 Å². The fraction of sp³-hybridized carbons (Fsp3) is 0.182. The fourth-order valence-corrected chi connectivity index (χ4v) is 1.42. The van der Waals surface area contributed by atoms with Gasteiger partial charge in [-0.1, -0.05) is 6.07 Å². The number of hydrogen-bond donors (Lipinski definition) is 0. The number of alkyl halides is 3. The highest BCUT2D eigenvalue weighted by molar-refractivity contribution is 5.40. The molecule has 6 heteroatoms. The first kappa shape index (κ1) is 11.5. The van der Waals surface area contributed by atoms with Gasteiger partial charge in [0.25, 0.3) is 0 Å². The molecule has 0 saturated carbocycles. The van der Waals surface area contributed by atoms with Gasteiger partial charge in [0, 0.05) is 12.3 Å². The van der Waals surface area contributed by atoms with Crippen LogP contribution in [-0.4, -0.2) is 15.9 Å². The van der Waals surface area contributed by atoms with Crippen molar-refractivity contribution in [1.82, 2.24) is 9.55 Å². The van der Waals surface area contributed by atoms with Crippen LogP contribution >= 0.6 is 0 Å². The summed E-state index contributed by atoms with van der Waals surface area (Å²) in [4.78, 5) is 3.87. The third-order valence-corrected chi connectivity index (χ3v) is 2.09. The molecule has 1 aromatic heterocycles. The van der Waals surface area contributed by atoms with Crippen molar-refractivity contribution in [1.29, 1.82) is 0 Å². The highest BCUT2D eigenvalue weighted by Crippen LogP contribution is 2.24. The maximum absolute atomic E-state index is 12.0. The van der Waals surface area contributed by atoms with Crippen molar-refractivity contribution >= 4 is 0 Å². The van der Waals surface area contributed by atoms with Crippen LogP contribution in [0.1, 0.15) is 5.82 Å². The van der Waals surface area contributed by atoms with E-state index in [2.05, 4.69) is 15.9 Å². The molecule has 1 heterocycles. The molecule has 0 aliphatic carbocycles. The number of hydrogen-bond acceptors (Lipinski definition) is 2. The third-order valence-electron chi connectivity index (χ3n) is 2.09. The van der Waals surface area contributed by atoms with E-state index in [1.807, 2.05) is 0 Å². The van der Waals surface area contributed by atoms with Gasteiger partial charge < -0.3 is 9.30 Å². The lowest BCUT2D eigenvalue weighted by molar-refractivity contribution is -0.274. The molecule has 0 N–H and O–H groups in total. The first-order chi connectivity index (χ1) is 7.96. The summed E-state index contributed by atoms with van der Waals surface area (Å²) in [7, 11) is 0. The number of benzene rings is 1. The molecule has 0 aliphatic rings. The predicted molar refractivity (Wildman–Crippen MR) is 53.8 cm³/mol. The number of aromatic nitrogens is 2. The number of ether oxygens (including phenoxy) is 1. The van der Waals surface area contributed by atoms with E-state index in [1.165, 1.54) is 18.2 Å². The summed E-state index contributed by atoms with van der Waals surface area (Å²) in [6, 6.07) is 5.67. The van der Waals surface area contributed by atoms with Gasteiger partial charge in [-0.2, -0.15) is 0 Å². The Morgan fingerprint density at radius 1 is 1.35 bits per heavy atom. The van der Waals surface area contributed by atoms with Crippen LogP contribution in [0.4, 0.5) is 13.2 Å². The zero-order chi connectivity index (χ0) is 12.5. The molecule has 0 saturated heterocycles. The highest BCUT2D eigenvalue weighted by Gasteiger charge is 2.31. The molecule has 0 aliphatic heterocycles. The van der Waals surface area contributed by atoms with Crippen LogP contribution in [0, 0.1) is 13.1 Å². The van der Waals surface area contributed by atoms with Crippen molar-refractivity contribution in [2.75, 3.05) is 0 Å². The first-order valence-corrected chi connectivity index (χ1v) is 4.74. The number of nitrogens with zero attached hydrogens (tertiary/aromatic N) is 2. The van der Waals surface area contributed by atoms with Gasteiger partial charge in [-0.05, 0) is 19.1 Å². The van der Waals surface area contributed by atoms with E-state index in [4.69, 9.17) is 0 Å². The number of halogens is 3. The number of imidazole rings is 1. The van der Waals surface area contributed by atoms with Gasteiger partial charge in [0.1, 0.15) is 17.8 Å². The van der Waals surface area contributed by atoms with Crippen LogP contribution in [0.3, 0.4) is 0 Å². The molecule has 0 amide bonds. The molecule has 0 atom stereocenters. The summed E-state index contributed by atoms with van der Waals surface area (Å²) in [6.07, 6.45) is -0.528. The number of aryl methyl sites for hydroxylation is 1. The Morgan fingerprint density at radius 3 is 2.71 bits per heavy atom. The molecule has 0 unspecified atom stereocenters. The van der Waals surface area contributed by atoms with Crippen molar-refractivity contribution in [3.8, 4) is 11.4 Å². The van der Waals surface area contributed by atoms with Gasteiger partial charge in [-0.25, -0.2) is 4.98 Å². The van der Waals surface area contributed by atoms with E-state index in [9.17, 15) is 13.2 Å². The molecule has 2 rings (SSSR count). The lowest BCUT2D eigenvalue weighted by Crippen LogP contribution is -2.17. The van der Waals surface area contributed by atoms with E-state index >= 15 is 0 Å². The van der Waals surface area contributed by atoms with Gasteiger partial charge >= 0.3 is 6.36 Å². The topological polar surface area (TPSA) is 27.1 Å². The Labute approximate surface area is 95.5 Å². The summed E-state index contributed by atoms with van der Waals surface area (Å²) < 4.78 is 41.6. The molecule has 1 radical (unpaired) electrons. The maximum Gasteiger partial charge on any atom is 0.573 e. The van der Waals surface area contributed by atoms with Crippen molar-refractivity contribution in [2.45, 2.75) is 13.3 Å². The maximum atomic E-state index is 12.0. The molecule has 0 spiro atoms. The summed E-state index contributed by atoms with van der Waals surface area (Å²) in [5.74, 6) is 0.372. The summed E-state index contributed by atoms with van der Waals surface area (Å²) >= 11 is 0. The minimum Gasteiger partial charge on any atom is -0.406 e. The van der Waals surface area contributed by atoms with Crippen LogP contribution in [-0.2, 0) is 0 Å². The fourth-order valence-electron chi connectivity index (χ4n) is 1.42. The second-order valence-electron chi connectivity index (χ2n) is 3.33. The summed E-state index contributed by atoms with van der Waals surface area (Å²) in [5, 5.41) is 0. The molecular weight excluding hydrogens is 233 g/mol. The molecule has 0 bridgehead atoms. The zero-order valence-corrected chi connectivity index (χ0v) is 8.82. The second kappa shape index (κ2) is 4.12. The third kappa shape index (κ3) is 2.77. The minimum atomic E-state index is -4.69. The van der Waals surface area contributed by atoms with E-state index < -0.39 is 6.36 Å². The van der Waals surface area contributed by atoms with Crippen LogP contribution < -0.4 is 4.74 Å². The Kier molecular flexibility index (Phi) is 2.79. The van der Waals surface area contributed by atoms with Gasteiger partial charge in [0.15, 0.2) is 0 Å². The molecule has 2 aromatic rings. The van der Waals surface area contributed by atoms with Crippen molar-refractivity contribution in [3.05, 3.63) is 42.5 Å². The van der Waals surface area contributed by atoms with E-state index in [0.29, 0.717) is 11.5 Å². The largest absolute Gasteiger partial charge is 0.573 e. The molecule has 89 valence electrons. The van der Waals surface area contributed by atoms with Crippen molar-refractivity contribution in [2.24, 2.45) is 0 Å². The molecule has 3 nitrogen and oxygen atoms in total. The lowest BCUT2D eigenvalue weighted by Gasteiger charge is -2.10. The Morgan fingerprint density at radius 2 is 2.12 bits per heavy atom. The molecule has 0 fully saturated rings. The summed E-state index contributed by atoms with van der Waals surface area (Å²) in [5.41, 5.74) is 0.540. The second-order valence-corrected chi connectivity index (χ2v) is 3.33. The highest BCUT2D eigenvalue weighted by atomic mass is 19.4. The quantitative estimate of drug-likeness (QED) is 0.808. The Hall–Kier alpha value is -1.98. The van der Waals surface area contributed by atoms with Gasteiger partial charge in [0.2, 0.25) is 0 Å². The van der Waals surface area contributed by atoms with Crippen LogP contribution in [0.2, 0.25) is 0 Å². The first-order valence-electron chi connectivity index (χ1n) is 4.74. The summed E-state index contributed by atoms with van der Waals surface area (Å²) in [6.45, 7) is 1.73. The van der Waals surface area contributed by atoms with Crippen molar-refractivity contribution in [3.63, 3.8) is 0 Å². The minimum absolute atomic E-state index is 0.261. The van der Waals surface area contributed by atoms with Crippen LogP contribution in [0.5, 0.6) is 5.75 Å². The molecular formula is C11H8F3N2O. The lowest BCUT2D eigenvalue weighted by atomic mass is 10.3. The van der Waals surface area contributed by atoms with Crippen LogP contribution in [0.25, 0.3) is 5.69 Å². The zero-order valence-electron chi connectivity index (χ0n) is 8.82. The van der Waals surface area contributed by atoms with E-state index in [0.717, 1.165) is 0 Å². The van der Waals surface area contributed by atoms with Crippen molar-refractivity contribution < 1.29 is 17.9 Å². The standard InChI is InChI=1S/C11H8F3N2O/c1-8-15-5-6-16(8)9-3-2-4-10(7-9)17-11(12,13)14/h2-4,6-7H,1H3. The monoisotopic (exact) mass is 241 g/mol. The van der Waals surface area contributed by atoms with Crippen LogP contribution in [0.15, 0.2) is 30.5 Å². The molecule has 1 aromatic carbocycles. The molecule has 17 heavy (non-hydrogen) atoms. The van der Waals surface area contributed by atoms with Gasteiger partial charge in [0.05, 0.1) is 5.69 Å². The number of rotatable bonds is 2. The van der Waals surface area contributed by atoms with E-state index in [-0.39, 0.29) is 5.75 Å². The normalized spacial score (nSPS) is 11.5. The smallest absolute Gasteiger partial charge is 0.406 e.